The number of sulfonamides is 2. The molecule has 1 unspecified atom stereocenters. The molecule has 0 heterocycles. The van der Waals surface area contributed by atoms with Crippen molar-refractivity contribution < 1.29 is 21.6 Å². The van der Waals surface area contributed by atoms with Crippen molar-refractivity contribution in [3.05, 3.63) is 59.7 Å². The van der Waals surface area contributed by atoms with Crippen LogP contribution in [0.3, 0.4) is 0 Å². The number of carbonyl (C=O) groups excluding carboxylic acids is 1. The van der Waals surface area contributed by atoms with Gasteiger partial charge in [-0.05, 0) is 61.7 Å². The molecule has 1 fully saturated rings. The summed E-state index contributed by atoms with van der Waals surface area (Å²) in [6.45, 7) is 1.76. The fraction of sp³-hybridized carbons (Fsp3) is 0.316. The van der Waals surface area contributed by atoms with Crippen LogP contribution >= 0.6 is 0 Å². The molecule has 1 saturated carbocycles. The molecular formula is C19H23N3O5S2. The number of hydrogen-bond donors (Lipinski definition) is 2. The third-order valence-electron chi connectivity index (χ3n) is 4.88. The summed E-state index contributed by atoms with van der Waals surface area (Å²) < 4.78 is 50.2. The van der Waals surface area contributed by atoms with Crippen molar-refractivity contribution in [2.45, 2.75) is 41.6 Å². The van der Waals surface area contributed by atoms with Crippen molar-refractivity contribution in [2.75, 3.05) is 7.05 Å². The van der Waals surface area contributed by atoms with E-state index in [0.717, 1.165) is 12.8 Å². The largest absolute Gasteiger partial charge is 0.335 e. The zero-order valence-corrected chi connectivity index (χ0v) is 17.7. The molecule has 0 bridgehead atoms. The molecule has 2 aromatic rings. The van der Waals surface area contributed by atoms with E-state index < -0.39 is 26.1 Å². The molecule has 1 aliphatic carbocycles. The van der Waals surface area contributed by atoms with Gasteiger partial charge in [0.15, 0.2) is 0 Å². The van der Waals surface area contributed by atoms with Gasteiger partial charge in [0.2, 0.25) is 20.0 Å². The minimum atomic E-state index is -3.85. The molecular weight excluding hydrogens is 414 g/mol. The lowest BCUT2D eigenvalue weighted by molar-refractivity contribution is 0.0742. The van der Waals surface area contributed by atoms with Crippen LogP contribution in [0.25, 0.3) is 0 Å². The summed E-state index contributed by atoms with van der Waals surface area (Å²) in [6, 6.07) is 11.4. The van der Waals surface area contributed by atoms with Gasteiger partial charge in [-0.15, -0.1) is 0 Å². The van der Waals surface area contributed by atoms with Gasteiger partial charge in [-0.1, -0.05) is 12.1 Å². The second-order valence-corrected chi connectivity index (χ2v) is 10.4. The molecule has 0 aliphatic heterocycles. The van der Waals surface area contributed by atoms with Crippen LogP contribution in [0.4, 0.5) is 0 Å². The van der Waals surface area contributed by atoms with E-state index in [9.17, 15) is 21.6 Å². The molecule has 1 atom stereocenters. The van der Waals surface area contributed by atoms with E-state index in [-0.39, 0.29) is 21.7 Å². The van der Waals surface area contributed by atoms with Gasteiger partial charge in [0.25, 0.3) is 5.91 Å². The fourth-order valence-corrected chi connectivity index (χ4v) is 4.69. The highest BCUT2D eigenvalue weighted by atomic mass is 32.2. The first-order chi connectivity index (χ1) is 13.5. The van der Waals surface area contributed by atoms with Crippen molar-refractivity contribution in [1.82, 2.24) is 9.62 Å². The Hall–Kier alpha value is -2.27. The maximum absolute atomic E-state index is 12.8. The summed E-state index contributed by atoms with van der Waals surface area (Å²) in [7, 11) is -5.83. The van der Waals surface area contributed by atoms with Gasteiger partial charge >= 0.3 is 0 Å². The lowest BCUT2D eigenvalue weighted by Crippen LogP contribution is -2.30. The Bertz CT molecular complexity index is 1120. The zero-order valence-electron chi connectivity index (χ0n) is 16.1. The van der Waals surface area contributed by atoms with Crippen molar-refractivity contribution >= 4 is 26.0 Å². The number of nitrogens with one attached hydrogen (secondary N) is 1. The van der Waals surface area contributed by atoms with E-state index in [4.69, 9.17) is 5.14 Å². The molecule has 0 aromatic heterocycles. The van der Waals surface area contributed by atoms with Gasteiger partial charge in [-0.3, -0.25) is 4.79 Å². The topological polar surface area (TPSA) is 127 Å². The normalized spacial score (nSPS) is 15.7. The molecule has 3 rings (SSSR count). The molecule has 0 saturated heterocycles. The summed E-state index contributed by atoms with van der Waals surface area (Å²) in [6.07, 6.45) is 1.68. The highest BCUT2D eigenvalue weighted by molar-refractivity contribution is 7.89. The van der Waals surface area contributed by atoms with Crippen LogP contribution in [-0.2, 0) is 20.0 Å². The molecule has 1 aliphatic rings. The third-order valence-corrected chi connectivity index (χ3v) is 7.33. The fourth-order valence-electron chi connectivity index (χ4n) is 2.82. The van der Waals surface area contributed by atoms with Crippen molar-refractivity contribution in [3.63, 3.8) is 0 Å². The molecule has 0 spiro atoms. The standard InChI is InChI=1S/C19H23N3O5S2/c1-13(15-4-3-5-18(12-15)28(20,24)25)22(2)19(23)14-6-10-17(11-7-14)29(26,27)21-16-8-9-16/h3-7,10-13,16,21H,8-9H2,1-2H3,(H2,20,24,25). The minimum Gasteiger partial charge on any atom is -0.335 e. The van der Waals surface area contributed by atoms with Crippen LogP contribution in [-0.4, -0.2) is 40.7 Å². The average molecular weight is 438 g/mol. The first kappa shape index (κ1) is 21.4. The molecule has 2 aromatic carbocycles. The zero-order chi connectivity index (χ0) is 21.4. The average Bonchev–Trinajstić information content (AvgIpc) is 3.49. The molecule has 29 heavy (non-hydrogen) atoms. The van der Waals surface area contributed by atoms with Crippen LogP contribution in [0.15, 0.2) is 58.3 Å². The minimum absolute atomic E-state index is 0.00129. The van der Waals surface area contributed by atoms with Crippen LogP contribution < -0.4 is 9.86 Å². The van der Waals surface area contributed by atoms with E-state index in [1.807, 2.05) is 0 Å². The number of primary sulfonamides is 1. The Balaban J connectivity index is 1.77. The lowest BCUT2D eigenvalue weighted by atomic mass is 10.1. The summed E-state index contributed by atoms with van der Waals surface area (Å²) >= 11 is 0. The molecule has 156 valence electrons. The first-order valence-corrected chi connectivity index (χ1v) is 12.0. The van der Waals surface area contributed by atoms with E-state index in [2.05, 4.69) is 4.72 Å². The summed E-state index contributed by atoms with van der Waals surface area (Å²) in [5.41, 5.74) is 0.938. The Morgan fingerprint density at radius 1 is 1.07 bits per heavy atom. The highest BCUT2D eigenvalue weighted by Crippen LogP contribution is 2.24. The van der Waals surface area contributed by atoms with Gasteiger partial charge in [0, 0.05) is 18.7 Å². The van der Waals surface area contributed by atoms with Gasteiger partial charge in [0.1, 0.15) is 0 Å². The SMILES string of the molecule is CC(c1cccc(S(N)(=O)=O)c1)N(C)C(=O)c1ccc(S(=O)(=O)NC2CC2)cc1. The van der Waals surface area contributed by atoms with Crippen molar-refractivity contribution in [2.24, 2.45) is 5.14 Å². The van der Waals surface area contributed by atoms with Gasteiger partial charge in [-0.25, -0.2) is 26.7 Å². The maximum atomic E-state index is 12.8. The number of hydrogen-bond acceptors (Lipinski definition) is 5. The third kappa shape index (κ3) is 5.02. The molecule has 3 N–H and O–H groups in total. The summed E-state index contributed by atoms with van der Waals surface area (Å²) in [5.74, 6) is -0.322. The van der Waals surface area contributed by atoms with E-state index in [1.165, 1.54) is 41.3 Å². The van der Waals surface area contributed by atoms with Gasteiger partial charge in [-0.2, -0.15) is 0 Å². The van der Waals surface area contributed by atoms with Gasteiger partial charge in [0.05, 0.1) is 15.8 Å². The number of carbonyl (C=O) groups is 1. The van der Waals surface area contributed by atoms with Crippen LogP contribution in [0, 0.1) is 0 Å². The Morgan fingerprint density at radius 2 is 1.69 bits per heavy atom. The molecule has 0 radical (unpaired) electrons. The highest BCUT2D eigenvalue weighted by Gasteiger charge is 2.28. The quantitative estimate of drug-likeness (QED) is 0.680. The van der Waals surface area contributed by atoms with Crippen molar-refractivity contribution in [3.8, 4) is 0 Å². The predicted molar refractivity (Wildman–Crippen MR) is 108 cm³/mol. The van der Waals surface area contributed by atoms with Crippen molar-refractivity contribution in [1.29, 1.82) is 0 Å². The maximum Gasteiger partial charge on any atom is 0.254 e. The summed E-state index contributed by atoms with van der Waals surface area (Å²) in [4.78, 5) is 14.3. The van der Waals surface area contributed by atoms with Gasteiger partial charge < -0.3 is 4.90 Å². The Labute approximate surface area is 170 Å². The number of nitrogens with zero attached hydrogens (tertiary/aromatic N) is 1. The number of benzene rings is 2. The Morgan fingerprint density at radius 3 is 2.24 bits per heavy atom. The second kappa shape index (κ2) is 7.86. The van der Waals surface area contributed by atoms with Crippen LogP contribution in [0.5, 0.6) is 0 Å². The Kier molecular flexibility index (Phi) is 5.81. The monoisotopic (exact) mass is 437 g/mol. The number of nitrogens with two attached hydrogens (primary N) is 1. The number of rotatable bonds is 7. The number of amides is 1. The van der Waals surface area contributed by atoms with E-state index in [0.29, 0.717) is 11.1 Å². The molecule has 8 nitrogen and oxygen atoms in total. The smallest absolute Gasteiger partial charge is 0.254 e. The predicted octanol–water partition coefficient (Wildman–Crippen LogP) is 1.61. The first-order valence-electron chi connectivity index (χ1n) is 9.01. The van der Waals surface area contributed by atoms with Crippen LogP contribution in [0.2, 0.25) is 0 Å². The van der Waals surface area contributed by atoms with E-state index >= 15 is 0 Å². The second-order valence-electron chi connectivity index (χ2n) is 7.13. The molecule has 1 amide bonds. The van der Waals surface area contributed by atoms with E-state index in [1.54, 1.807) is 26.1 Å². The van der Waals surface area contributed by atoms with Crippen LogP contribution in [0.1, 0.15) is 41.7 Å². The molecule has 10 heteroatoms. The lowest BCUT2D eigenvalue weighted by Gasteiger charge is -2.26. The summed E-state index contributed by atoms with van der Waals surface area (Å²) in [5, 5.41) is 5.17.